The van der Waals surface area contributed by atoms with E-state index in [1.807, 2.05) is 36.4 Å². The number of benzene rings is 3. The van der Waals surface area contributed by atoms with Crippen LogP contribution in [0.4, 0.5) is 11.4 Å². The molecule has 2 fully saturated rings. The van der Waals surface area contributed by atoms with Crippen molar-refractivity contribution >= 4 is 34.7 Å². The van der Waals surface area contributed by atoms with Crippen LogP contribution in [-0.4, -0.2) is 31.1 Å². The van der Waals surface area contributed by atoms with Gasteiger partial charge in [0.15, 0.2) is 0 Å². The van der Waals surface area contributed by atoms with Gasteiger partial charge in [0.1, 0.15) is 5.78 Å². The molecule has 2 aliphatic rings. The summed E-state index contributed by atoms with van der Waals surface area (Å²) in [7, 11) is -3.07. The molecule has 0 bridgehead atoms. The smallest absolute Gasteiger partial charge is 0.284 e. The molecule has 0 amide bonds. The maximum atomic E-state index is 15.6. The molecule has 0 saturated carbocycles. The molecule has 2 saturated heterocycles. The van der Waals surface area contributed by atoms with Gasteiger partial charge in [0.05, 0.1) is 0 Å². The second-order valence-electron chi connectivity index (χ2n) is 8.53. The highest BCUT2D eigenvalue weighted by Gasteiger charge is 2.52. The standard InChI is InChI=1S/C26H29BrN3OP/c27-23-16-14-22(15-17-23)26(28-18-8-3-9-19-28)32(31)29(24-10-4-1-5-11-24)20-21-30(32)25-12-6-2-7-13-25/h1-2,4-7,10-17,26H,3,8-9,18-21H2. The molecular weight excluding hydrogens is 481 g/mol. The fourth-order valence-electron chi connectivity index (χ4n) is 5.08. The van der Waals surface area contributed by atoms with Crippen molar-refractivity contribution in [1.82, 2.24) is 4.90 Å². The van der Waals surface area contributed by atoms with Gasteiger partial charge < -0.3 is 9.34 Å². The van der Waals surface area contributed by atoms with Gasteiger partial charge in [-0.2, -0.15) is 0 Å². The third-order valence-corrected chi connectivity index (χ3v) is 10.6. The average Bonchev–Trinajstić information content (AvgIpc) is 3.19. The molecule has 0 spiro atoms. The van der Waals surface area contributed by atoms with E-state index in [-0.39, 0.29) is 5.78 Å². The Labute approximate surface area is 199 Å². The summed E-state index contributed by atoms with van der Waals surface area (Å²) in [6.07, 6.45) is 3.56. The summed E-state index contributed by atoms with van der Waals surface area (Å²) in [5.74, 6) is -0.182. The van der Waals surface area contributed by atoms with Crippen LogP contribution in [0.25, 0.3) is 0 Å². The maximum Gasteiger partial charge on any atom is 0.284 e. The second-order valence-corrected chi connectivity index (χ2v) is 12.1. The van der Waals surface area contributed by atoms with Crippen LogP contribution < -0.4 is 9.34 Å². The Morgan fingerprint density at radius 1 is 0.656 bits per heavy atom. The third kappa shape index (κ3) is 4.03. The van der Waals surface area contributed by atoms with E-state index >= 15 is 4.57 Å². The van der Waals surface area contributed by atoms with E-state index in [1.165, 1.54) is 6.42 Å². The van der Waals surface area contributed by atoms with Crippen molar-refractivity contribution < 1.29 is 4.57 Å². The molecule has 4 nitrogen and oxygen atoms in total. The lowest BCUT2D eigenvalue weighted by atomic mass is 10.1. The Balaban J connectivity index is 1.68. The molecule has 5 rings (SSSR count). The fraction of sp³-hybridized carbons (Fsp3) is 0.308. The lowest BCUT2D eigenvalue weighted by Crippen LogP contribution is -2.38. The van der Waals surface area contributed by atoms with Crippen LogP contribution in [0.2, 0.25) is 0 Å². The topological polar surface area (TPSA) is 26.8 Å². The molecule has 1 unspecified atom stereocenters. The van der Waals surface area contributed by atoms with Crippen LogP contribution in [0.5, 0.6) is 0 Å². The molecule has 6 heteroatoms. The minimum atomic E-state index is -3.07. The molecule has 0 aromatic heterocycles. The van der Waals surface area contributed by atoms with Crippen LogP contribution in [-0.2, 0) is 4.57 Å². The van der Waals surface area contributed by atoms with Gasteiger partial charge in [0.25, 0.3) is 7.44 Å². The average molecular weight is 510 g/mol. The number of halogens is 1. The maximum absolute atomic E-state index is 15.6. The molecule has 3 aromatic rings. The number of nitrogens with zero attached hydrogens (tertiary/aromatic N) is 3. The molecule has 2 heterocycles. The second kappa shape index (κ2) is 9.43. The van der Waals surface area contributed by atoms with Gasteiger partial charge in [-0.05, 0) is 67.9 Å². The van der Waals surface area contributed by atoms with Gasteiger partial charge in [0, 0.05) is 28.9 Å². The van der Waals surface area contributed by atoms with Crippen molar-refractivity contribution in [1.29, 1.82) is 0 Å². The van der Waals surface area contributed by atoms with E-state index < -0.39 is 7.44 Å². The number of hydrogen-bond acceptors (Lipinski definition) is 2. The summed E-state index contributed by atoms with van der Waals surface area (Å²) < 4.78 is 21.0. The van der Waals surface area contributed by atoms with E-state index in [9.17, 15) is 0 Å². The van der Waals surface area contributed by atoms with E-state index in [2.05, 4.69) is 78.7 Å². The third-order valence-electron chi connectivity index (χ3n) is 6.55. The molecule has 0 radical (unpaired) electrons. The lowest BCUT2D eigenvalue weighted by molar-refractivity contribution is 0.206. The largest absolute Gasteiger partial charge is 0.304 e. The predicted octanol–water partition coefficient (Wildman–Crippen LogP) is 7.15. The van der Waals surface area contributed by atoms with E-state index in [1.54, 1.807) is 0 Å². The fourth-order valence-corrected chi connectivity index (χ4v) is 9.03. The normalized spacial score (nSPS) is 19.8. The summed E-state index contributed by atoms with van der Waals surface area (Å²) >= 11 is 3.58. The number of likely N-dealkylation sites (tertiary alicyclic amines) is 1. The Bertz CT molecular complexity index is 1020. The summed E-state index contributed by atoms with van der Waals surface area (Å²) in [4.78, 5) is 2.48. The first-order chi connectivity index (χ1) is 15.7. The minimum Gasteiger partial charge on any atom is -0.304 e. The van der Waals surface area contributed by atoms with Crippen molar-refractivity contribution in [2.24, 2.45) is 0 Å². The Morgan fingerprint density at radius 2 is 1.16 bits per heavy atom. The van der Waals surface area contributed by atoms with Crippen molar-refractivity contribution in [3.05, 3.63) is 95.0 Å². The first kappa shape index (κ1) is 21.8. The van der Waals surface area contributed by atoms with Crippen LogP contribution >= 0.6 is 23.4 Å². The molecule has 2 aliphatic heterocycles. The van der Waals surface area contributed by atoms with E-state index in [0.29, 0.717) is 0 Å². The van der Waals surface area contributed by atoms with Crippen molar-refractivity contribution in [3.63, 3.8) is 0 Å². The monoisotopic (exact) mass is 509 g/mol. The van der Waals surface area contributed by atoms with Crippen LogP contribution in [0.3, 0.4) is 0 Å². The molecule has 0 aliphatic carbocycles. The number of piperidine rings is 1. The van der Waals surface area contributed by atoms with Gasteiger partial charge in [-0.3, -0.25) is 9.46 Å². The first-order valence-electron chi connectivity index (χ1n) is 11.4. The quantitative estimate of drug-likeness (QED) is 0.341. The van der Waals surface area contributed by atoms with E-state index in [0.717, 1.165) is 60.4 Å². The molecule has 32 heavy (non-hydrogen) atoms. The van der Waals surface area contributed by atoms with Crippen molar-refractivity contribution in [3.8, 4) is 0 Å². The van der Waals surface area contributed by atoms with Crippen LogP contribution in [0.1, 0.15) is 30.6 Å². The highest BCUT2D eigenvalue weighted by Crippen LogP contribution is 2.70. The minimum absolute atomic E-state index is 0.182. The summed E-state index contributed by atoms with van der Waals surface area (Å²) in [6, 6.07) is 29.0. The van der Waals surface area contributed by atoms with Gasteiger partial charge in [-0.1, -0.05) is 70.9 Å². The SMILES string of the molecule is O=P1(C(c2ccc(Br)cc2)N2CCCCC2)N(c2ccccc2)CCN1c1ccccc1. The van der Waals surface area contributed by atoms with Gasteiger partial charge in [-0.25, -0.2) is 0 Å². The Morgan fingerprint density at radius 3 is 1.66 bits per heavy atom. The summed E-state index contributed by atoms with van der Waals surface area (Å²) in [5, 5.41) is 0. The number of anilines is 2. The van der Waals surface area contributed by atoms with E-state index in [4.69, 9.17) is 0 Å². The Kier molecular flexibility index (Phi) is 6.41. The Hall–Kier alpha value is -2.07. The highest BCUT2D eigenvalue weighted by atomic mass is 79.9. The molecular formula is C26H29BrN3OP. The first-order valence-corrected chi connectivity index (χ1v) is 13.9. The van der Waals surface area contributed by atoms with Crippen LogP contribution in [0.15, 0.2) is 89.4 Å². The zero-order chi connectivity index (χ0) is 22.0. The lowest BCUT2D eigenvalue weighted by Gasteiger charge is -2.44. The van der Waals surface area contributed by atoms with Crippen molar-refractivity contribution in [2.75, 3.05) is 35.5 Å². The zero-order valence-electron chi connectivity index (χ0n) is 18.2. The van der Waals surface area contributed by atoms with Gasteiger partial charge in [-0.15, -0.1) is 0 Å². The number of rotatable bonds is 5. The highest BCUT2D eigenvalue weighted by molar-refractivity contribution is 9.10. The number of para-hydroxylation sites is 2. The summed E-state index contributed by atoms with van der Waals surface area (Å²) in [6.45, 7) is 3.46. The van der Waals surface area contributed by atoms with Crippen molar-refractivity contribution in [2.45, 2.75) is 25.0 Å². The van der Waals surface area contributed by atoms with Crippen LogP contribution in [0, 0.1) is 0 Å². The molecule has 1 atom stereocenters. The van der Waals surface area contributed by atoms with Gasteiger partial charge >= 0.3 is 0 Å². The predicted molar refractivity (Wildman–Crippen MR) is 137 cm³/mol. The van der Waals surface area contributed by atoms with Gasteiger partial charge in [0.2, 0.25) is 0 Å². The molecule has 0 N–H and O–H groups in total. The zero-order valence-corrected chi connectivity index (χ0v) is 20.7. The summed E-state index contributed by atoms with van der Waals surface area (Å²) in [5.41, 5.74) is 3.20. The molecule has 166 valence electrons. The number of hydrogen-bond donors (Lipinski definition) is 0. The molecule has 3 aromatic carbocycles.